The van der Waals surface area contributed by atoms with Gasteiger partial charge in [0.25, 0.3) is 5.91 Å². The van der Waals surface area contributed by atoms with Gasteiger partial charge in [0.1, 0.15) is 0 Å². The van der Waals surface area contributed by atoms with Crippen LogP contribution in [0.4, 0.5) is 0 Å². The first-order valence-electron chi connectivity index (χ1n) is 5.60. The summed E-state index contributed by atoms with van der Waals surface area (Å²) < 4.78 is 0. The Kier molecular flexibility index (Phi) is 2.14. The van der Waals surface area contributed by atoms with E-state index in [4.69, 9.17) is 5.73 Å². The number of nitrogens with one attached hydrogen (secondary N) is 2. The van der Waals surface area contributed by atoms with Crippen molar-refractivity contribution in [2.24, 2.45) is 5.73 Å². The highest BCUT2D eigenvalue weighted by atomic mass is 16.1. The minimum atomic E-state index is -0.410. The molecule has 4 heteroatoms. The molecule has 0 fully saturated rings. The maximum absolute atomic E-state index is 11.4. The van der Waals surface area contributed by atoms with Gasteiger partial charge in [-0.05, 0) is 18.1 Å². The van der Waals surface area contributed by atoms with Crippen LogP contribution in [0.1, 0.15) is 11.3 Å². The van der Waals surface area contributed by atoms with E-state index in [-0.39, 0.29) is 0 Å². The first kappa shape index (κ1) is 9.96. The summed E-state index contributed by atoms with van der Waals surface area (Å²) in [6.07, 6.45) is 2.58. The number of aromatic nitrogens is 1. The molecule has 17 heavy (non-hydrogen) atoms. The molecule has 4 nitrogen and oxygen atoms in total. The second kappa shape index (κ2) is 3.66. The summed E-state index contributed by atoms with van der Waals surface area (Å²) >= 11 is 0. The van der Waals surface area contributed by atoms with Crippen LogP contribution in [0, 0.1) is 0 Å². The van der Waals surface area contributed by atoms with Crippen molar-refractivity contribution >= 4 is 22.4 Å². The molecule has 1 aromatic carbocycles. The molecule has 1 amide bonds. The monoisotopic (exact) mass is 227 g/mol. The van der Waals surface area contributed by atoms with Crippen molar-refractivity contribution in [1.82, 2.24) is 10.3 Å². The van der Waals surface area contributed by atoms with Gasteiger partial charge in [-0.1, -0.05) is 18.2 Å². The number of para-hydroxylation sites is 1. The van der Waals surface area contributed by atoms with E-state index >= 15 is 0 Å². The highest BCUT2D eigenvalue weighted by Crippen LogP contribution is 2.28. The number of fused-ring (bicyclic) bond motifs is 3. The fraction of sp³-hybridized carbons (Fsp3) is 0.154. The van der Waals surface area contributed by atoms with Gasteiger partial charge in [0.2, 0.25) is 0 Å². The Bertz CT molecular complexity index is 625. The van der Waals surface area contributed by atoms with Crippen molar-refractivity contribution in [3.8, 4) is 0 Å². The molecule has 0 saturated carbocycles. The first-order valence-corrected chi connectivity index (χ1v) is 5.60. The van der Waals surface area contributed by atoms with Gasteiger partial charge in [-0.2, -0.15) is 0 Å². The topological polar surface area (TPSA) is 70.9 Å². The summed E-state index contributed by atoms with van der Waals surface area (Å²) in [5, 5.41) is 4.26. The molecular weight excluding hydrogens is 214 g/mol. The van der Waals surface area contributed by atoms with Crippen molar-refractivity contribution in [2.75, 3.05) is 6.54 Å². The molecule has 0 spiro atoms. The smallest absolute Gasteiger partial charge is 0.252 e. The predicted molar refractivity (Wildman–Crippen MR) is 67.2 cm³/mol. The fourth-order valence-electron chi connectivity index (χ4n) is 2.33. The zero-order valence-corrected chi connectivity index (χ0v) is 9.29. The fourth-order valence-corrected chi connectivity index (χ4v) is 2.33. The Morgan fingerprint density at radius 3 is 2.94 bits per heavy atom. The largest absolute Gasteiger partial charge is 0.390 e. The molecule has 0 unspecified atom stereocenters. The molecular formula is C13H13N3O. The highest BCUT2D eigenvalue weighted by molar-refractivity contribution is 6.19. The van der Waals surface area contributed by atoms with Crippen molar-refractivity contribution in [3.05, 3.63) is 41.7 Å². The quantitative estimate of drug-likeness (QED) is 0.683. The third-order valence-electron chi connectivity index (χ3n) is 3.11. The van der Waals surface area contributed by atoms with Gasteiger partial charge in [-0.3, -0.25) is 4.79 Å². The number of carbonyl (C=O) groups excluding carboxylic acids is 1. The number of H-pyrrole nitrogens is 1. The van der Waals surface area contributed by atoms with Crippen molar-refractivity contribution < 1.29 is 4.79 Å². The third-order valence-corrected chi connectivity index (χ3v) is 3.11. The summed E-state index contributed by atoms with van der Waals surface area (Å²) in [4.78, 5) is 14.7. The average molecular weight is 227 g/mol. The summed E-state index contributed by atoms with van der Waals surface area (Å²) in [7, 11) is 0. The minimum absolute atomic E-state index is 0.410. The number of benzene rings is 1. The Morgan fingerprint density at radius 2 is 2.12 bits per heavy atom. The number of hydrogen-bond donors (Lipinski definition) is 3. The lowest BCUT2D eigenvalue weighted by atomic mass is 10.0. The van der Waals surface area contributed by atoms with Gasteiger partial charge in [-0.25, -0.2) is 0 Å². The van der Waals surface area contributed by atoms with E-state index in [1.54, 1.807) is 6.20 Å². The number of nitrogens with two attached hydrogens (primary N) is 1. The van der Waals surface area contributed by atoms with E-state index in [1.807, 2.05) is 18.2 Å². The van der Waals surface area contributed by atoms with Gasteiger partial charge in [0.05, 0.1) is 11.3 Å². The summed E-state index contributed by atoms with van der Waals surface area (Å²) in [5.74, 6) is -0.410. The van der Waals surface area contributed by atoms with Crippen LogP contribution in [0.3, 0.4) is 0 Å². The van der Waals surface area contributed by atoms with E-state index in [2.05, 4.69) is 16.4 Å². The van der Waals surface area contributed by atoms with Crippen LogP contribution in [-0.4, -0.2) is 17.4 Å². The summed E-state index contributed by atoms with van der Waals surface area (Å²) in [6, 6.07) is 8.05. The van der Waals surface area contributed by atoms with Gasteiger partial charge in [-0.15, -0.1) is 0 Å². The second-order valence-electron chi connectivity index (χ2n) is 4.15. The van der Waals surface area contributed by atoms with E-state index in [0.717, 1.165) is 29.7 Å². The maximum atomic E-state index is 11.4. The number of rotatable bonds is 1. The van der Waals surface area contributed by atoms with E-state index < -0.39 is 5.91 Å². The molecule has 0 aliphatic carbocycles. The van der Waals surface area contributed by atoms with Crippen LogP contribution in [-0.2, 0) is 11.2 Å². The van der Waals surface area contributed by atoms with Crippen molar-refractivity contribution in [3.63, 3.8) is 0 Å². The van der Waals surface area contributed by atoms with Gasteiger partial charge >= 0.3 is 0 Å². The number of hydrogen-bond acceptors (Lipinski definition) is 2. The Balaban J connectivity index is 2.30. The van der Waals surface area contributed by atoms with Gasteiger partial charge < -0.3 is 16.0 Å². The SMILES string of the molecule is NC(=O)C1=CNCCc2c1[nH]c1ccccc21. The molecule has 2 aromatic rings. The van der Waals surface area contributed by atoms with Crippen LogP contribution >= 0.6 is 0 Å². The lowest BCUT2D eigenvalue weighted by Crippen LogP contribution is -2.15. The second-order valence-corrected chi connectivity index (χ2v) is 4.15. The van der Waals surface area contributed by atoms with Gasteiger partial charge in [0.15, 0.2) is 0 Å². The van der Waals surface area contributed by atoms with E-state index in [9.17, 15) is 4.79 Å². The highest BCUT2D eigenvalue weighted by Gasteiger charge is 2.19. The van der Waals surface area contributed by atoms with Crippen LogP contribution in [0.2, 0.25) is 0 Å². The maximum Gasteiger partial charge on any atom is 0.252 e. The van der Waals surface area contributed by atoms with Crippen LogP contribution < -0.4 is 11.1 Å². The Labute approximate surface area is 98.5 Å². The zero-order chi connectivity index (χ0) is 11.8. The Morgan fingerprint density at radius 1 is 1.29 bits per heavy atom. The molecule has 0 radical (unpaired) electrons. The Hall–Kier alpha value is -2.23. The predicted octanol–water partition coefficient (Wildman–Crippen LogP) is 1.14. The molecule has 0 saturated heterocycles. The lowest BCUT2D eigenvalue weighted by Gasteiger charge is -2.00. The van der Waals surface area contributed by atoms with Crippen molar-refractivity contribution in [1.29, 1.82) is 0 Å². The molecule has 1 aliphatic heterocycles. The summed E-state index contributed by atoms with van der Waals surface area (Å²) in [5.41, 5.74) is 8.99. The summed E-state index contributed by atoms with van der Waals surface area (Å²) in [6.45, 7) is 0.811. The lowest BCUT2D eigenvalue weighted by molar-refractivity contribution is -0.112. The molecule has 86 valence electrons. The normalized spacial score (nSPS) is 14.7. The number of primary amides is 1. The number of amides is 1. The molecule has 4 N–H and O–H groups in total. The minimum Gasteiger partial charge on any atom is -0.390 e. The number of carbonyl (C=O) groups is 1. The van der Waals surface area contributed by atoms with E-state index in [0.29, 0.717) is 5.57 Å². The van der Waals surface area contributed by atoms with Gasteiger partial charge in [0, 0.05) is 23.6 Å². The molecule has 0 atom stereocenters. The van der Waals surface area contributed by atoms with Crippen LogP contribution in [0.15, 0.2) is 30.5 Å². The number of aromatic amines is 1. The standard InChI is InChI=1S/C13H13N3O/c14-13(17)10-7-15-6-5-9-8-3-1-2-4-11(8)16-12(9)10/h1-4,7,15-16H,5-6H2,(H2,14,17). The molecule has 0 bridgehead atoms. The van der Waals surface area contributed by atoms with E-state index in [1.165, 1.54) is 5.39 Å². The molecule has 3 rings (SSSR count). The third kappa shape index (κ3) is 1.49. The molecule has 2 heterocycles. The first-order chi connectivity index (χ1) is 8.27. The zero-order valence-electron chi connectivity index (χ0n) is 9.29. The van der Waals surface area contributed by atoms with Crippen LogP contribution in [0.25, 0.3) is 16.5 Å². The average Bonchev–Trinajstić information content (AvgIpc) is 2.54. The molecule has 1 aromatic heterocycles. The van der Waals surface area contributed by atoms with Crippen molar-refractivity contribution in [2.45, 2.75) is 6.42 Å². The molecule has 1 aliphatic rings. The van der Waals surface area contributed by atoms with Crippen LogP contribution in [0.5, 0.6) is 0 Å².